The summed E-state index contributed by atoms with van der Waals surface area (Å²) < 4.78 is 0. The standard InChI is InChI=1S/C31H19N3/c1-2-24(16-32-15-1)20-3-5-21(6-4-20)26-11-7-22-10-14-29-27(25-17-33-19-34-18-25)12-8-23-9-13-28(26)30(22)31(23)29/h1-19H. The Morgan fingerprint density at radius 1 is 0.412 bits per heavy atom. The maximum atomic E-state index is 4.25. The molecule has 0 aliphatic rings. The number of hydrogen-bond donors (Lipinski definition) is 0. The first kappa shape index (κ1) is 18.9. The summed E-state index contributed by atoms with van der Waals surface area (Å²) in [5.41, 5.74) is 6.95. The average molecular weight is 434 g/mol. The van der Waals surface area contributed by atoms with Gasteiger partial charge in [-0.2, -0.15) is 0 Å². The molecule has 7 rings (SSSR count). The molecule has 0 aliphatic carbocycles. The van der Waals surface area contributed by atoms with Gasteiger partial charge >= 0.3 is 0 Å². The van der Waals surface area contributed by atoms with Crippen LogP contribution in [0.25, 0.3) is 65.7 Å². The van der Waals surface area contributed by atoms with Gasteiger partial charge in [-0.1, -0.05) is 78.9 Å². The van der Waals surface area contributed by atoms with Crippen LogP contribution in [0.5, 0.6) is 0 Å². The third kappa shape index (κ3) is 2.87. The second-order valence-corrected chi connectivity index (χ2v) is 8.59. The van der Waals surface area contributed by atoms with Gasteiger partial charge in [0.1, 0.15) is 6.33 Å². The van der Waals surface area contributed by atoms with E-state index >= 15 is 0 Å². The van der Waals surface area contributed by atoms with Crippen LogP contribution in [-0.2, 0) is 0 Å². The van der Waals surface area contributed by atoms with Crippen LogP contribution in [0.2, 0.25) is 0 Å². The molecule has 0 aliphatic heterocycles. The normalized spacial score (nSPS) is 11.5. The highest BCUT2D eigenvalue weighted by atomic mass is 14.8. The molecule has 34 heavy (non-hydrogen) atoms. The highest BCUT2D eigenvalue weighted by molar-refractivity contribution is 6.27. The smallest absolute Gasteiger partial charge is 0.115 e. The summed E-state index contributed by atoms with van der Waals surface area (Å²) in [4.78, 5) is 12.7. The molecular formula is C31H19N3. The SMILES string of the molecule is c1cncc(-c2ccc(-c3ccc4ccc5c(-c6cncnc6)ccc6ccc3c4c65)cc2)c1. The Hall–Kier alpha value is -4.63. The molecule has 158 valence electrons. The van der Waals surface area contributed by atoms with Gasteiger partial charge in [-0.25, -0.2) is 9.97 Å². The van der Waals surface area contributed by atoms with E-state index in [1.165, 1.54) is 49.0 Å². The molecule has 7 aromatic rings. The lowest BCUT2D eigenvalue weighted by Crippen LogP contribution is -1.90. The maximum absolute atomic E-state index is 4.25. The molecule has 0 radical (unpaired) electrons. The van der Waals surface area contributed by atoms with Crippen molar-refractivity contribution in [1.29, 1.82) is 0 Å². The minimum absolute atomic E-state index is 1.03. The Kier molecular flexibility index (Phi) is 4.15. The second-order valence-electron chi connectivity index (χ2n) is 8.59. The summed E-state index contributed by atoms with van der Waals surface area (Å²) in [6.45, 7) is 0. The third-order valence-corrected chi connectivity index (χ3v) is 6.73. The molecule has 2 aromatic heterocycles. The topological polar surface area (TPSA) is 38.7 Å². The molecule has 0 unspecified atom stereocenters. The van der Waals surface area contributed by atoms with Crippen molar-refractivity contribution in [3.8, 4) is 33.4 Å². The summed E-state index contributed by atoms with van der Waals surface area (Å²) in [5.74, 6) is 0. The van der Waals surface area contributed by atoms with Crippen LogP contribution in [0.15, 0.2) is 116 Å². The van der Waals surface area contributed by atoms with Crippen LogP contribution in [0.1, 0.15) is 0 Å². The zero-order chi connectivity index (χ0) is 22.5. The van der Waals surface area contributed by atoms with Crippen molar-refractivity contribution in [2.75, 3.05) is 0 Å². The Bertz CT molecular complexity index is 1770. The number of hydrogen-bond acceptors (Lipinski definition) is 3. The fourth-order valence-corrected chi connectivity index (χ4v) is 5.12. The summed E-state index contributed by atoms with van der Waals surface area (Å²) in [6.07, 6.45) is 9.05. The molecule has 0 spiro atoms. The molecule has 0 atom stereocenters. The van der Waals surface area contributed by atoms with Crippen LogP contribution in [-0.4, -0.2) is 15.0 Å². The van der Waals surface area contributed by atoms with Crippen LogP contribution >= 0.6 is 0 Å². The van der Waals surface area contributed by atoms with Crippen molar-refractivity contribution in [3.63, 3.8) is 0 Å². The van der Waals surface area contributed by atoms with Gasteiger partial charge < -0.3 is 0 Å². The van der Waals surface area contributed by atoms with E-state index in [2.05, 4.69) is 93.8 Å². The van der Waals surface area contributed by atoms with Gasteiger partial charge in [0.25, 0.3) is 0 Å². The van der Waals surface area contributed by atoms with Crippen molar-refractivity contribution in [3.05, 3.63) is 116 Å². The summed E-state index contributed by atoms with van der Waals surface area (Å²) >= 11 is 0. The van der Waals surface area contributed by atoms with E-state index in [4.69, 9.17) is 0 Å². The largest absolute Gasteiger partial charge is 0.264 e. The number of pyridine rings is 1. The van der Waals surface area contributed by atoms with E-state index in [1.54, 1.807) is 12.5 Å². The molecule has 5 aromatic carbocycles. The van der Waals surface area contributed by atoms with Crippen LogP contribution in [0.3, 0.4) is 0 Å². The van der Waals surface area contributed by atoms with E-state index in [-0.39, 0.29) is 0 Å². The summed E-state index contributed by atoms with van der Waals surface area (Å²) in [7, 11) is 0. The van der Waals surface area contributed by atoms with E-state index in [0.717, 1.165) is 16.7 Å². The van der Waals surface area contributed by atoms with Gasteiger partial charge in [-0.15, -0.1) is 0 Å². The maximum Gasteiger partial charge on any atom is 0.115 e. The predicted molar refractivity (Wildman–Crippen MR) is 140 cm³/mol. The summed E-state index contributed by atoms with van der Waals surface area (Å²) in [5, 5.41) is 7.61. The zero-order valence-electron chi connectivity index (χ0n) is 18.3. The molecule has 0 bridgehead atoms. The Balaban J connectivity index is 1.46. The first-order chi connectivity index (χ1) is 16.9. The molecular weight excluding hydrogens is 414 g/mol. The number of aromatic nitrogens is 3. The highest BCUT2D eigenvalue weighted by Crippen LogP contribution is 2.42. The lowest BCUT2D eigenvalue weighted by molar-refractivity contribution is 1.17. The molecule has 0 amide bonds. The lowest BCUT2D eigenvalue weighted by atomic mass is 9.87. The first-order valence-corrected chi connectivity index (χ1v) is 11.3. The van der Waals surface area contributed by atoms with Crippen molar-refractivity contribution in [1.82, 2.24) is 15.0 Å². The van der Waals surface area contributed by atoms with Crippen molar-refractivity contribution in [2.45, 2.75) is 0 Å². The highest BCUT2D eigenvalue weighted by Gasteiger charge is 2.15. The average Bonchev–Trinajstić information content (AvgIpc) is 2.92. The molecule has 0 saturated carbocycles. The van der Waals surface area contributed by atoms with Gasteiger partial charge in [-0.05, 0) is 66.2 Å². The number of benzene rings is 5. The minimum Gasteiger partial charge on any atom is -0.264 e. The predicted octanol–water partition coefficient (Wildman–Crippen LogP) is 7.77. The van der Waals surface area contributed by atoms with Gasteiger partial charge in [-0.3, -0.25) is 4.98 Å². The van der Waals surface area contributed by atoms with Gasteiger partial charge in [0.2, 0.25) is 0 Å². The van der Waals surface area contributed by atoms with Crippen LogP contribution in [0, 0.1) is 0 Å². The molecule has 0 saturated heterocycles. The number of nitrogens with zero attached hydrogens (tertiary/aromatic N) is 3. The molecule has 0 fully saturated rings. The Labute approximate surface area is 196 Å². The minimum atomic E-state index is 1.03. The van der Waals surface area contributed by atoms with Crippen LogP contribution < -0.4 is 0 Å². The number of rotatable bonds is 3. The van der Waals surface area contributed by atoms with Crippen molar-refractivity contribution in [2.24, 2.45) is 0 Å². The second kappa shape index (κ2) is 7.46. The molecule has 3 nitrogen and oxygen atoms in total. The van der Waals surface area contributed by atoms with Gasteiger partial charge in [0.05, 0.1) is 0 Å². The third-order valence-electron chi connectivity index (χ3n) is 6.73. The summed E-state index contributed by atoms with van der Waals surface area (Å²) in [6, 6.07) is 30.7. The molecule has 3 heteroatoms. The van der Waals surface area contributed by atoms with E-state index in [9.17, 15) is 0 Å². The van der Waals surface area contributed by atoms with Crippen molar-refractivity contribution < 1.29 is 0 Å². The Morgan fingerprint density at radius 3 is 1.59 bits per heavy atom. The first-order valence-electron chi connectivity index (χ1n) is 11.3. The van der Waals surface area contributed by atoms with Gasteiger partial charge in [0, 0.05) is 30.4 Å². The van der Waals surface area contributed by atoms with E-state index in [1.807, 2.05) is 24.7 Å². The fraction of sp³-hybridized carbons (Fsp3) is 0. The van der Waals surface area contributed by atoms with Gasteiger partial charge in [0.15, 0.2) is 0 Å². The lowest BCUT2D eigenvalue weighted by Gasteiger charge is -2.16. The quantitative estimate of drug-likeness (QED) is 0.267. The van der Waals surface area contributed by atoms with E-state index < -0.39 is 0 Å². The van der Waals surface area contributed by atoms with Crippen molar-refractivity contribution >= 4 is 32.3 Å². The van der Waals surface area contributed by atoms with Crippen LogP contribution in [0.4, 0.5) is 0 Å². The fourth-order valence-electron chi connectivity index (χ4n) is 5.12. The van der Waals surface area contributed by atoms with E-state index in [0.29, 0.717) is 0 Å². The monoisotopic (exact) mass is 433 g/mol. The molecule has 2 heterocycles. The zero-order valence-corrected chi connectivity index (χ0v) is 18.3. The molecule has 0 N–H and O–H groups in total. The Morgan fingerprint density at radius 2 is 0.971 bits per heavy atom.